The average molecular weight is 295 g/mol. The van der Waals surface area contributed by atoms with Gasteiger partial charge in [0.25, 0.3) is 0 Å². The standard InChI is InChI=1S/C17H21N5/c1-13(14-7-5-4-6-8-14)22-17(2,3)12-21-16-11-19-15(9-18)10-20-16/h4-8,10-11,13,22H,12H2,1-3H3,(H,20,21). The van der Waals surface area contributed by atoms with E-state index in [4.69, 9.17) is 5.26 Å². The summed E-state index contributed by atoms with van der Waals surface area (Å²) in [5.41, 5.74) is 1.46. The van der Waals surface area contributed by atoms with Gasteiger partial charge >= 0.3 is 0 Å². The van der Waals surface area contributed by atoms with E-state index in [9.17, 15) is 0 Å². The van der Waals surface area contributed by atoms with Gasteiger partial charge in [0.2, 0.25) is 0 Å². The molecule has 1 unspecified atom stereocenters. The zero-order chi connectivity index (χ0) is 16.0. The number of nitrogens with zero attached hydrogens (tertiary/aromatic N) is 3. The predicted molar refractivity (Wildman–Crippen MR) is 87.3 cm³/mol. The highest BCUT2D eigenvalue weighted by atomic mass is 15.1. The van der Waals surface area contributed by atoms with Crippen molar-refractivity contribution in [2.45, 2.75) is 32.4 Å². The van der Waals surface area contributed by atoms with Gasteiger partial charge in [-0.25, -0.2) is 9.97 Å². The van der Waals surface area contributed by atoms with Crippen LogP contribution in [0.15, 0.2) is 42.7 Å². The lowest BCUT2D eigenvalue weighted by Crippen LogP contribution is -2.46. The Labute approximate surface area is 131 Å². The largest absolute Gasteiger partial charge is 0.367 e. The summed E-state index contributed by atoms with van der Waals surface area (Å²) in [5, 5.41) is 15.6. The van der Waals surface area contributed by atoms with Crippen molar-refractivity contribution in [3.63, 3.8) is 0 Å². The fourth-order valence-corrected chi connectivity index (χ4v) is 2.25. The quantitative estimate of drug-likeness (QED) is 0.857. The molecule has 0 saturated carbocycles. The molecule has 0 aliphatic heterocycles. The number of aromatic nitrogens is 2. The third kappa shape index (κ3) is 4.54. The van der Waals surface area contributed by atoms with E-state index < -0.39 is 0 Å². The first-order chi connectivity index (χ1) is 10.5. The molecule has 0 spiro atoms. The molecule has 2 N–H and O–H groups in total. The lowest BCUT2D eigenvalue weighted by molar-refractivity contribution is 0.364. The van der Waals surface area contributed by atoms with Crippen LogP contribution in [-0.4, -0.2) is 22.1 Å². The second-order valence-corrected chi connectivity index (χ2v) is 5.91. The van der Waals surface area contributed by atoms with E-state index in [0.29, 0.717) is 18.1 Å². The summed E-state index contributed by atoms with van der Waals surface area (Å²) in [7, 11) is 0. The summed E-state index contributed by atoms with van der Waals surface area (Å²) in [5.74, 6) is 0.668. The molecule has 0 fully saturated rings. The monoisotopic (exact) mass is 295 g/mol. The van der Waals surface area contributed by atoms with Crippen LogP contribution in [0.3, 0.4) is 0 Å². The summed E-state index contributed by atoms with van der Waals surface area (Å²) in [6, 6.07) is 12.6. The van der Waals surface area contributed by atoms with Crippen LogP contribution in [0.1, 0.15) is 38.1 Å². The van der Waals surface area contributed by atoms with Crippen molar-refractivity contribution >= 4 is 5.82 Å². The Morgan fingerprint density at radius 3 is 2.50 bits per heavy atom. The van der Waals surface area contributed by atoms with Gasteiger partial charge in [-0.1, -0.05) is 30.3 Å². The number of hydrogen-bond acceptors (Lipinski definition) is 5. The minimum atomic E-state index is -0.120. The Morgan fingerprint density at radius 2 is 1.91 bits per heavy atom. The molecule has 2 rings (SSSR count). The van der Waals surface area contributed by atoms with Crippen molar-refractivity contribution in [3.8, 4) is 6.07 Å². The molecule has 5 nitrogen and oxygen atoms in total. The van der Waals surface area contributed by atoms with Gasteiger partial charge in [-0.15, -0.1) is 0 Å². The minimum absolute atomic E-state index is 0.120. The van der Waals surface area contributed by atoms with E-state index in [1.165, 1.54) is 11.8 Å². The van der Waals surface area contributed by atoms with Gasteiger partial charge in [0.05, 0.1) is 12.4 Å². The van der Waals surface area contributed by atoms with Gasteiger partial charge < -0.3 is 10.6 Å². The zero-order valence-corrected chi connectivity index (χ0v) is 13.2. The van der Waals surface area contributed by atoms with Crippen LogP contribution in [0.25, 0.3) is 0 Å². The molecule has 0 bridgehead atoms. The number of hydrogen-bond donors (Lipinski definition) is 2. The Hall–Kier alpha value is -2.45. The molecule has 1 aromatic heterocycles. The maximum Gasteiger partial charge on any atom is 0.158 e. The molecule has 2 aromatic rings. The number of rotatable bonds is 6. The molecule has 0 saturated heterocycles. The van der Waals surface area contributed by atoms with Gasteiger partial charge in [0, 0.05) is 18.1 Å². The number of benzene rings is 1. The summed E-state index contributed by atoms with van der Waals surface area (Å²) in [6.45, 7) is 7.12. The summed E-state index contributed by atoms with van der Waals surface area (Å²) in [6.07, 6.45) is 3.05. The van der Waals surface area contributed by atoms with Crippen molar-refractivity contribution in [1.29, 1.82) is 5.26 Å². The van der Waals surface area contributed by atoms with Gasteiger partial charge in [-0.05, 0) is 26.3 Å². The van der Waals surface area contributed by atoms with Gasteiger partial charge in [-0.2, -0.15) is 5.26 Å². The Morgan fingerprint density at radius 1 is 1.18 bits per heavy atom. The molecule has 0 aliphatic carbocycles. The average Bonchev–Trinajstić information content (AvgIpc) is 2.54. The van der Waals surface area contributed by atoms with E-state index in [0.717, 1.165) is 0 Å². The molecule has 0 aliphatic rings. The van der Waals surface area contributed by atoms with Crippen LogP contribution in [0.5, 0.6) is 0 Å². The number of anilines is 1. The van der Waals surface area contributed by atoms with E-state index in [1.54, 1.807) is 6.20 Å². The smallest absolute Gasteiger partial charge is 0.158 e. The molecule has 0 amide bonds. The van der Waals surface area contributed by atoms with Crippen LogP contribution >= 0.6 is 0 Å². The maximum atomic E-state index is 8.71. The Balaban J connectivity index is 1.91. The van der Waals surface area contributed by atoms with E-state index in [2.05, 4.69) is 53.5 Å². The van der Waals surface area contributed by atoms with E-state index >= 15 is 0 Å². The second kappa shape index (κ2) is 7.01. The first kappa shape index (κ1) is 15.9. The van der Waals surface area contributed by atoms with Crippen LogP contribution in [0.2, 0.25) is 0 Å². The lowest BCUT2D eigenvalue weighted by atomic mass is 10.0. The van der Waals surface area contributed by atoms with Crippen molar-refractivity contribution in [2.75, 3.05) is 11.9 Å². The zero-order valence-electron chi connectivity index (χ0n) is 13.2. The molecule has 1 aromatic carbocycles. The van der Waals surface area contributed by atoms with E-state index in [-0.39, 0.29) is 11.6 Å². The highest BCUT2D eigenvalue weighted by molar-refractivity contribution is 5.33. The fraction of sp³-hybridized carbons (Fsp3) is 0.353. The van der Waals surface area contributed by atoms with Gasteiger partial charge in [0.15, 0.2) is 5.69 Å². The maximum absolute atomic E-state index is 8.71. The Kier molecular flexibility index (Phi) is 5.08. The lowest BCUT2D eigenvalue weighted by Gasteiger charge is -2.31. The van der Waals surface area contributed by atoms with Crippen molar-refractivity contribution in [3.05, 3.63) is 54.0 Å². The summed E-state index contributed by atoms with van der Waals surface area (Å²) >= 11 is 0. The minimum Gasteiger partial charge on any atom is -0.367 e. The van der Waals surface area contributed by atoms with E-state index in [1.807, 2.05) is 24.3 Å². The molecule has 0 radical (unpaired) electrons. The number of nitrogens with one attached hydrogen (secondary N) is 2. The van der Waals surface area contributed by atoms with Gasteiger partial charge in [-0.3, -0.25) is 0 Å². The highest BCUT2D eigenvalue weighted by Crippen LogP contribution is 2.16. The molecule has 22 heavy (non-hydrogen) atoms. The van der Waals surface area contributed by atoms with Crippen molar-refractivity contribution in [2.24, 2.45) is 0 Å². The molecule has 114 valence electrons. The molecule has 5 heteroatoms. The fourth-order valence-electron chi connectivity index (χ4n) is 2.25. The first-order valence-electron chi connectivity index (χ1n) is 7.29. The molecule has 1 heterocycles. The third-order valence-electron chi connectivity index (χ3n) is 3.38. The molecular weight excluding hydrogens is 274 g/mol. The van der Waals surface area contributed by atoms with Crippen molar-refractivity contribution in [1.82, 2.24) is 15.3 Å². The topological polar surface area (TPSA) is 73.6 Å². The normalized spacial score (nSPS) is 12.5. The summed E-state index contributed by atoms with van der Waals surface area (Å²) < 4.78 is 0. The van der Waals surface area contributed by atoms with Gasteiger partial charge in [0.1, 0.15) is 11.9 Å². The predicted octanol–water partition coefficient (Wildman–Crippen LogP) is 2.89. The van der Waals surface area contributed by atoms with Crippen molar-refractivity contribution < 1.29 is 0 Å². The summed E-state index contributed by atoms with van der Waals surface area (Å²) in [4.78, 5) is 8.17. The molecule has 1 atom stereocenters. The van der Waals surface area contributed by atoms with Crippen LogP contribution in [0, 0.1) is 11.3 Å². The van der Waals surface area contributed by atoms with Crippen LogP contribution < -0.4 is 10.6 Å². The SMILES string of the molecule is CC(NC(C)(C)CNc1cnc(C#N)cn1)c1ccccc1. The first-order valence-corrected chi connectivity index (χ1v) is 7.29. The third-order valence-corrected chi connectivity index (χ3v) is 3.38. The second-order valence-electron chi connectivity index (χ2n) is 5.91. The van der Waals surface area contributed by atoms with Crippen LogP contribution in [0.4, 0.5) is 5.82 Å². The Bertz CT molecular complexity index is 628. The molecular formula is C17H21N5. The highest BCUT2D eigenvalue weighted by Gasteiger charge is 2.20. The number of nitriles is 1. The van der Waals surface area contributed by atoms with Crippen LogP contribution in [-0.2, 0) is 0 Å².